The van der Waals surface area contributed by atoms with E-state index in [0.717, 1.165) is 5.57 Å². The smallest absolute Gasteiger partial charge is 0.224 e. The van der Waals surface area contributed by atoms with E-state index >= 15 is 0 Å². The Morgan fingerprint density at radius 1 is 1.22 bits per heavy atom. The summed E-state index contributed by atoms with van der Waals surface area (Å²) in [6.07, 6.45) is 6.64. The molecule has 18 heavy (non-hydrogen) atoms. The van der Waals surface area contributed by atoms with Crippen LogP contribution in [0.5, 0.6) is 0 Å². The second kappa shape index (κ2) is 3.59. The van der Waals surface area contributed by atoms with Crippen molar-refractivity contribution in [1.29, 1.82) is 0 Å². The molecule has 3 rings (SSSR count). The van der Waals surface area contributed by atoms with Crippen LogP contribution in [0.1, 0.15) is 53.4 Å². The zero-order valence-electron chi connectivity index (χ0n) is 11.8. The Balaban J connectivity index is 2.08. The van der Waals surface area contributed by atoms with Gasteiger partial charge in [-0.2, -0.15) is 4.89 Å². The topological polar surface area (TPSA) is 38.7 Å². The second-order valence-electron chi connectivity index (χ2n) is 7.12. The van der Waals surface area contributed by atoms with Gasteiger partial charge in [-0.15, -0.1) is 0 Å². The van der Waals surface area contributed by atoms with Crippen LogP contribution in [-0.4, -0.2) is 16.5 Å². The number of fused-ring (bicyclic) bond motifs is 2. The molecule has 3 heteroatoms. The molecular weight excluding hydrogens is 228 g/mol. The van der Waals surface area contributed by atoms with Gasteiger partial charge >= 0.3 is 0 Å². The quantitative estimate of drug-likeness (QED) is 0.531. The van der Waals surface area contributed by atoms with Gasteiger partial charge in [0, 0.05) is 12.0 Å². The van der Waals surface area contributed by atoms with Gasteiger partial charge < -0.3 is 5.11 Å². The van der Waals surface area contributed by atoms with E-state index in [4.69, 9.17) is 9.78 Å². The van der Waals surface area contributed by atoms with Crippen molar-refractivity contribution in [3.8, 4) is 0 Å². The van der Waals surface area contributed by atoms with Crippen molar-refractivity contribution in [1.82, 2.24) is 0 Å². The van der Waals surface area contributed by atoms with Crippen LogP contribution in [-0.2, 0) is 9.78 Å². The van der Waals surface area contributed by atoms with Gasteiger partial charge in [0.25, 0.3) is 0 Å². The fourth-order valence-electron chi connectivity index (χ4n) is 4.09. The lowest BCUT2D eigenvalue weighted by Crippen LogP contribution is -2.48. The molecule has 0 spiro atoms. The predicted molar refractivity (Wildman–Crippen MR) is 68.5 cm³/mol. The molecule has 1 aliphatic heterocycles. The van der Waals surface area contributed by atoms with Crippen molar-refractivity contribution in [2.45, 2.75) is 64.8 Å². The summed E-state index contributed by atoms with van der Waals surface area (Å²) in [4.78, 5) is 10.6. The molecule has 3 aliphatic rings. The molecule has 0 aromatic heterocycles. The highest BCUT2D eigenvalue weighted by Crippen LogP contribution is 2.58. The number of hydrogen-bond acceptors (Lipinski definition) is 3. The highest BCUT2D eigenvalue weighted by molar-refractivity contribution is 5.32. The first-order valence-corrected chi connectivity index (χ1v) is 7.11. The minimum atomic E-state index is -1.19. The van der Waals surface area contributed by atoms with Gasteiger partial charge in [-0.3, -0.25) is 0 Å². The molecular formula is C15H24O3. The maximum absolute atomic E-state index is 10.7. The third kappa shape index (κ3) is 1.54. The molecule has 4 atom stereocenters. The van der Waals surface area contributed by atoms with Crippen LogP contribution in [0.25, 0.3) is 0 Å². The van der Waals surface area contributed by atoms with Crippen molar-refractivity contribution in [2.24, 2.45) is 17.3 Å². The summed E-state index contributed by atoms with van der Waals surface area (Å²) in [5, 5.41) is 10.7. The molecule has 4 unspecified atom stereocenters. The van der Waals surface area contributed by atoms with Crippen molar-refractivity contribution >= 4 is 0 Å². The van der Waals surface area contributed by atoms with Crippen LogP contribution in [0, 0.1) is 17.3 Å². The Morgan fingerprint density at radius 3 is 2.67 bits per heavy atom. The molecule has 3 nitrogen and oxygen atoms in total. The third-order valence-electron chi connectivity index (χ3n) is 5.57. The largest absolute Gasteiger partial charge is 0.360 e. The van der Waals surface area contributed by atoms with Crippen molar-refractivity contribution < 1.29 is 14.9 Å². The SMILES string of the molecule is CC1CCCC2CC3(O)OOC(C)(C)C3=CC12C. The molecule has 1 heterocycles. The van der Waals surface area contributed by atoms with Gasteiger partial charge in [0.15, 0.2) is 0 Å². The second-order valence-corrected chi connectivity index (χ2v) is 7.12. The van der Waals surface area contributed by atoms with E-state index < -0.39 is 11.4 Å². The van der Waals surface area contributed by atoms with E-state index in [2.05, 4.69) is 19.9 Å². The van der Waals surface area contributed by atoms with Gasteiger partial charge in [0.2, 0.25) is 5.79 Å². The molecule has 2 aliphatic carbocycles. The Bertz CT molecular complexity index is 401. The third-order valence-corrected chi connectivity index (χ3v) is 5.57. The van der Waals surface area contributed by atoms with Gasteiger partial charge in [-0.05, 0) is 43.9 Å². The summed E-state index contributed by atoms with van der Waals surface area (Å²) in [5.41, 5.74) is 0.580. The van der Waals surface area contributed by atoms with Crippen molar-refractivity contribution in [3.63, 3.8) is 0 Å². The maximum atomic E-state index is 10.7. The Morgan fingerprint density at radius 2 is 1.94 bits per heavy atom. The first kappa shape index (κ1) is 12.6. The normalized spacial score (nSPS) is 50.4. The molecule has 102 valence electrons. The molecule has 0 amide bonds. The molecule has 1 saturated carbocycles. The summed E-state index contributed by atoms with van der Waals surface area (Å²) >= 11 is 0. The summed E-state index contributed by atoms with van der Waals surface area (Å²) < 4.78 is 0. The number of rotatable bonds is 0. The zero-order chi connectivity index (χ0) is 13.2. The standard InChI is InChI=1S/C15H24O3/c1-10-6-5-7-11-8-15(16)12(9-14(10,11)4)13(2,3)17-18-15/h9-11,16H,5-8H2,1-4H3. The molecule has 1 N–H and O–H groups in total. The average Bonchev–Trinajstić information content (AvgIpc) is 2.51. The van der Waals surface area contributed by atoms with E-state index in [0.29, 0.717) is 18.3 Å². The maximum Gasteiger partial charge on any atom is 0.224 e. The number of hydrogen-bond donors (Lipinski definition) is 1. The Labute approximate surface area is 109 Å². The lowest BCUT2D eigenvalue weighted by Gasteiger charge is -2.50. The minimum absolute atomic E-state index is 0.175. The average molecular weight is 252 g/mol. The summed E-state index contributed by atoms with van der Waals surface area (Å²) in [5.74, 6) is -0.0396. The Kier molecular flexibility index (Phi) is 2.52. The van der Waals surface area contributed by atoms with Gasteiger partial charge in [0.1, 0.15) is 5.60 Å². The lowest BCUT2D eigenvalue weighted by atomic mass is 9.55. The molecule has 0 bridgehead atoms. The van der Waals surface area contributed by atoms with E-state index in [1.807, 2.05) is 13.8 Å². The van der Waals surface area contributed by atoms with Crippen LogP contribution in [0.3, 0.4) is 0 Å². The fraction of sp³-hybridized carbons (Fsp3) is 0.867. The molecule has 0 aromatic carbocycles. The van der Waals surface area contributed by atoms with Crippen LogP contribution < -0.4 is 0 Å². The number of aliphatic hydroxyl groups is 1. The summed E-state index contributed by atoms with van der Waals surface area (Å²) in [6, 6.07) is 0. The molecule has 0 aromatic rings. The Hall–Kier alpha value is -0.380. The van der Waals surface area contributed by atoms with Gasteiger partial charge in [-0.1, -0.05) is 26.3 Å². The van der Waals surface area contributed by atoms with E-state index in [1.54, 1.807) is 0 Å². The van der Waals surface area contributed by atoms with Gasteiger partial charge in [0.05, 0.1) is 0 Å². The van der Waals surface area contributed by atoms with Crippen LogP contribution in [0.15, 0.2) is 11.6 Å². The monoisotopic (exact) mass is 252 g/mol. The molecule has 0 radical (unpaired) electrons. The lowest BCUT2D eigenvalue weighted by molar-refractivity contribution is -0.393. The van der Waals surface area contributed by atoms with E-state index in [-0.39, 0.29) is 5.41 Å². The fourth-order valence-corrected chi connectivity index (χ4v) is 4.09. The van der Waals surface area contributed by atoms with Crippen LogP contribution in [0.4, 0.5) is 0 Å². The molecule has 1 saturated heterocycles. The van der Waals surface area contributed by atoms with Crippen LogP contribution >= 0.6 is 0 Å². The van der Waals surface area contributed by atoms with Crippen LogP contribution in [0.2, 0.25) is 0 Å². The summed E-state index contributed by atoms with van der Waals surface area (Å²) in [6.45, 7) is 8.60. The first-order valence-electron chi connectivity index (χ1n) is 7.11. The van der Waals surface area contributed by atoms with E-state index in [1.165, 1.54) is 19.3 Å². The highest BCUT2D eigenvalue weighted by atomic mass is 17.2. The predicted octanol–water partition coefficient (Wildman–Crippen LogP) is 3.19. The first-order chi connectivity index (χ1) is 8.28. The van der Waals surface area contributed by atoms with Gasteiger partial charge in [-0.25, -0.2) is 4.89 Å². The van der Waals surface area contributed by atoms with Crippen molar-refractivity contribution in [2.75, 3.05) is 0 Å². The molecule has 2 fully saturated rings. The zero-order valence-corrected chi connectivity index (χ0v) is 11.8. The summed E-state index contributed by atoms with van der Waals surface area (Å²) in [7, 11) is 0. The highest BCUT2D eigenvalue weighted by Gasteiger charge is 2.58. The number of allylic oxidation sites excluding steroid dienone is 1. The van der Waals surface area contributed by atoms with E-state index in [9.17, 15) is 5.11 Å². The minimum Gasteiger partial charge on any atom is -0.360 e. The van der Waals surface area contributed by atoms with Crippen molar-refractivity contribution in [3.05, 3.63) is 11.6 Å².